The highest BCUT2D eigenvalue weighted by atomic mass is 127. The lowest BCUT2D eigenvalue weighted by Crippen LogP contribution is -2.44. The van der Waals surface area contributed by atoms with Crippen LogP contribution in [0.5, 0.6) is 0 Å². The zero-order valence-electron chi connectivity index (χ0n) is 17.2. The molecule has 1 saturated heterocycles. The average Bonchev–Trinajstić information content (AvgIpc) is 3.08. The van der Waals surface area contributed by atoms with Crippen molar-refractivity contribution in [3.63, 3.8) is 0 Å². The molecule has 1 aromatic rings. The number of benzene rings is 1. The van der Waals surface area contributed by atoms with Gasteiger partial charge in [-0.05, 0) is 23.8 Å². The number of nitrogens with zero attached hydrogens (tertiary/aromatic N) is 2. The molecule has 2 rings (SSSR count). The van der Waals surface area contributed by atoms with Gasteiger partial charge in [0, 0.05) is 39.7 Å². The third-order valence-corrected chi connectivity index (χ3v) is 4.83. The van der Waals surface area contributed by atoms with E-state index in [-0.39, 0.29) is 29.4 Å². The number of methoxy groups -OCH3 is 1. The van der Waals surface area contributed by atoms with Crippen LogP contribution in [0.15, 0.2) is 35.3 Å². The molecule has 0 aromatic heterocycles. The number of nitrogens with one attached hydrogen (secondary N) is 1. The average molecular weight is 489 g/mol. The summed E-state index contributed by atoms with van der Waals surface area (Å²) in [5.74, 6) is 1.58. The molecule has 1 atom stereocenters. The monoisotopic (exact) mass is 489 g/mol. The van der Waals surface area contributed by atoms with Crippen LogP contribution >= 0.6 is 24.0 Å². The smallest absolute Gasteiger partial charge is 0.193 e. The van der Waals surface area contributed by atoms with E-state index in [0.29, 0.717) is 19.1 Å². The molecule has 0 spiro atoms. The van der Waals surface area contributed by atoms with Crippen LogP contribution in [0.1, 0.15) is 25.8 Å². The quantitative estimate of drug-likeness (QED) is 0.250. The third kappa shape index (κ3) is 8.79. The summed E-state index contributed by atoms with van der Waals surface area (Å²) in [4.78, 5) is 6.85. The van der Waals surface area contributed by atoms with E-state index in [1.54, 1.807) is 7.11 Å². The van der Waals surface area contributed by atoms with Gasteiger partial charge in [0.2, 0.25) is 0 Å². The van der Waals surface area contributed by atoms with Crippen LogP contribution in [0, 0.1) is 11.3 Å². The Morgan fingerprint density at radius 1 is 1.26 bits per heavy atom. The van der Waals surface area contributed by atoms with E-state index < -0.39 is 0 Å². The van der Waals surface area contributed by atoms with E-state index in [0.717, 1.165) is 45.0 Å². The van der Waals surface area contributed by atoms with Crippen LogP contribution in [0.2, 0.25) is 0 Å². The van der Waals surface area contributed by atoms with E-state index in [9.17, 15) is 0 Å². The van der Waals surface area contributed by atoms with Crippen molar-refractivity contribution in [2.75, 3.05) is 53.6 Å². The second kappa shape index (κ2) is 12.6. The van der Waals surface area contributed by atoms with Crippen molar-refractivity contribution >= 4 is 29.9 Å². The second-order valence-electron chi connectivity index (χ2n) is 7.90. The Kier molecular flexibility index (Phi) is 11.3. The van der Waals surface area contributed by atoms with Crippen LogP contribution in [0.4, 0.5) is 0 Å². The topological polar surface area (TPSA) is 46.1 Å². The van der Waals surface area contributed by atoms with Crippen molar-refractivity contribution in [3.05, 3.63) is 35.9 Å². The highest BCUT2D eigenvalue weighted by molar-refractivity contribution is 14.0. The van der Waals surface area contributed by atoms with E-state index in [2.05, 4.69) is 59.4 Å². The number of guanidine groups is 1. The van der Waals surface area contributed by atoms with Gasteiger partial charge in [-0.25, -0.2) is 0 Å². The molecule has 0 radical (unpaired) electrons. The molecular weight excluding hydrogens is 453 g/mol. The Hall–Kier alpha value is -0.860. The molecule has 1 aliphatic heterocycles. The number of likely N-dealkylation sites (tertiary alicyclic amines) is 1. The van der Waals surface area contributed by atoms with Gasteiger partial charge in [-0.1, -0.05) is 44.2 Å². The Balaban J connectivity index is 0.00000364. The molecule has 1 heterocycles. The van der Waals surface area contributed by atoms with Gasteiger partial charge in [0.25, 0.3) is 0 Å². The summed E-state index contributed by atoms with van der Waals surface area (Å²) < 4.78 is 10.7. The van der Waals surface area contributed by atoms with E-state index in [1.807, 2.05) is 7.05 Å². The molecule has 6 heteroatoms. The molecular formula is C21H36IN3O2. The first-order chi connectivity index (χ1) is 12.5. The normalized spacial score (nSPS) is 17.7. The SMILES string of the molecule is CN=C(NCC(C)(C)Cc1ccccc1)N1CCC(COCCOC)C1.I. The second-order valence-corrected chi connectivity index (χ2v) is 7.90. The van der Waals surface area contributed by atoms with Gasteiger partial charge in [-0.2, -0.15) is 0 Å². The minimum Gasteiger partial charge on any atom is -0.382 e. The number of hydrogen-bond acceptors (Lipinski definition) is 3. The molecule has 0 aliphatic carbocycles. The first-order valence-electron chi connectivity index (χ1n) is 9.60. The molecule has 154 valence electrons. The minimum atomic E-state index is 0. The standard InChI is InChI=1S/C21H35N3O2.HI/c1-21(2,14-18-8-6-5-7-9-18)17-23-20(22-3)24-11-10-19(15-24)16-26-13-12-25-4;/h5-9,19H,10-17H2,1-4H3,(H,22,23);1H. The lowest BCUT2D eigenvalue weighted by Gasteiger charge is -2.29. The highest BCUT2D eigenvalue weighted by Crippen LogP contribution is 2.21. The van der Waals surface area contributed by atoms with Crippen LogP contribution in [-0.4, -0.2) is 64.5 Å². The summed E-state index contributed by atoms with van der Waals surface area (Å²) in [5, 5.41) is 3.58. The van der Waals surface area contributed by atoms with Crippen LogP contribution < -0.4 is 5.32 Å². The zero-order chi connectivity index (χ0) is 18.8. The van der Waals surface area contributed by atoms with Gasteiger partial charge >= 0.3 is 0 Å². The summed E-state index contributed by atoms with van der Waals surface area (Å²) in [7, 11) is 3.57. The fourth-order valence-electron chi connectivity index (χ4n) is 3.41. The van der Waals surface area contributed by atoms with Crippen molar-refractivity contribution in [1.82, 2.24) is 10.2 Å². The maximum Gasteiger partial charge on any atom is 0.193 e. The van der Waals surface area contributed by atoms with Crippen LogP contribution in [0.25, 0.3) is 0 Å². The highest BCUT2D eigenvalue weighted by Gasteiger charge is 2.26. The van der Waals surface area contributed by atoms with Crippen molar-refractivity contribution in [1.29, 1.82) is 0 Å². The molecule has 0 amide bonds. The molecule has 1 fully saturated rings. The molecule has 1 unspecified atom stereocenters. The van der Waals surface area contributed by atoms with Crippen LogP contribution in [0.3, 0.4) is 0 Å². The summed E-state index contributed by atoms with van der Waals surface area (Å²) in [6.07, 6.45) is 2.20. The maximum absolute atomic E-state index is 5.69. The summed E-state index contributed by atoms with van der Waals surface area (Å²) >= 11 is 0. The first-order valence-corrected chi connectivity index (χ1v) is 9.60. The summed E-state index contributed by atoms with van der Waals surface area (Å²) in [6.45, 7) is 9.69. The first kappa shape index (κ1) is 24.2. The Morgan fingerprint density at radius 2 is 2.00 bits per heavy atom. The number of halogens is 1. The lowest BCUT2D eigenvalue weighted by molar-refractivity contribution is 0.0536. The van der Waals surface area contributed by atoms with Crippen LogP contribution in [-0.2, 0) is 15.9 Å². The molecule has 27 heavy (non-hydrogen) atoms. The Bertz CT molecular complexity index is 552. The van der Waals surface area contributed by atoms with Crippen molar-refractivity contribution in [2.24, 2.45) is 16.3 Å². The third-order valence-electron chi connectivity index (χ3n) is 4.83. The van der Waals surface area contributed by atoms with Gasteiger partial charge in [-0.3, -0.25) is 4.99 Å². The van der Waals surface area contributed by atoms with Gasteiger partial charge < -0.3 is 19.7 Å². The van der Waals surface area contributed by atoms with Gasteiger partial charge in [-0.15, -0.1) is 24.0 Å². The molecule has 0 bridgehead atoms. The Morgan fingerprint density at radius 3 is 2.67 bits per heavy atom. The zero-order valence-corrected chi connectivity index (χ0v) is 19.6. The number of rotatable bonds is 9. The largest absolute Gasteiger partial charge is 0.382 e. The maximum atomic E-state index is 5.69. The number of hydrogen-bond donors (Lipinski definition) is 1. The van der Waals surface area contributed by atoms with Crippen molar-refractivity contribution < 1.29 is 9.47 Å². The minimum absolute atomic E-state index is 0. The molecule has 1 aliphatic rings. The van der Waals surface area contributed by atoms with Gasteiger partial charge in [0.15, 0.2) is 5.96 Å². The van der Waals surface area contributed by atoms with Crippen molar-refractivity contribution in [2.45, 2.75) is 26.7 Å². The predicted molar refractivity (Wildman–Crippen MR) is 123 cm³/mol. The molecule has 1 N–H and O–H groups in total. The van der Waals surface area contributed by atoms with Gasteiger partial charge in [0.1, 0.15) is 0 Å². The summed E-state index contributed by atoms with van der Waals surface area (Å²) in [6, 6.07) is 10.7. The predicted octanol–water partition coefficient (Wildman–Crippen LogP) is 3.43. The van der Waals surface area contributed by atoms with E-state index in [4.69, 9.17) is 9.47 Å². The fourth-order valence-corrected chi connectivity index (χ4v) is 3.41. The lowest BCUT2D eigenvalue weighted by atomic mass is 9.86. The van der Waals surface area contributed by atoms with E-state index in [1.165, 1.54) is 5.56 Å². The number of ether oxygens (including phenoxy) is 2. The van der Waals surface area contributed by atoms with Gasteiger partial charge in [0.05, 0.1) is 19.8 Å². The molecule has 1 aromatic carbocycles. The van der Waals surface area contributed by atoms with Crippen molar-refractivity contribution in [3.8, 4) is 0 Å². The van der Waals surface area contributed by atoms with E-state index >= 15 is 0 Å². The molecule has 0 saturated carbocycles. The summed E-state index contributed by atoms with van der Waals surface area (Å²) in [5.41, 5.74) is 1.54. The molecule has 5 nitrogen and oxygen atoms in total. The number of aliphatic imine (C=N–C) groups is 1. The Labute approximate surface area is 181 Å². The fraction of sp³-hybridized carbons (Fsp3) is 0.667.